The summed E-state index contributed by atoms with van der Waals surface area (Å²) in [5, 5.41) is 4.93. The van der Waals surface area contributed by atoms with E-state index in [9.17, 15) is 0 Å². The largest absolute Gasteiger partial charge is 0.306 e. The van der Waals surface area contributed by atoms with Crippen molar-refractivity contribution in [2.24, 2.45) is 0 Å². The van der Waals surface area contributed by atoms with Gasteiger partial charge in [0.05, 0.1) is 22.2 Å². The van der Waals surface area contributed by atoms with Crippen molar-refractivity contribution in [3.63, 3.8) is 0 Å². The van der Waals surface area contributed by atoms with Crippen LogP contribution < -0.4 is 0 Å². The lowest BCUT2D eigenvalue weighted by atomic mass is 9.97. The van der Waals surface area contributed by atoms with Crippen LogP contribution >= 0.6 is 0 Å². The average Bonchev–Trinajstić information content (AvgIpc) is 3.30. The van der Waals surface area contributed by atoms with Crippen molar-refractivity contribution in [2.75, 3.05) is 0 Å². The highest BCUT2D eigenvalue weighted by Gasteiger charge is 2.20. The predicted molar refractivity (Wildman–Crippen MR) is 139 cm³/mol. The fourth-order valence-corrected chi connectivity index (χ4v) is 5.18. The molecule has 0 amide bonds. The van der Waals surface area contributed by atoms with Gasteiger partial charge in [0, 0.05) is 22.5 Å². The summed E-state index contributed by atoms with van der Waals surface area (Å²) in [6.45, 7) is 0. The van der Waals surface area contributed by atoms with Crippen molar-refractivity contribution < 1.29 is 0 Å². The SMILES string of the molecule is c1ccc(-c2cc(-c3ccccc3)n3c4cccnc4c4ccc5ccccc5c4c23)cc1. The fraction of sp³-hybridized carbons (Fsp3) is 0. The molecule has 0 aliphatic rings. The number of fused-ring (bicyclic) bond motifs is 8. The zero-order valence-corrected chi connectivity index (χ0v) is 17.9. The second-order valence-corrected chi connectivity index (χ2v) is 8.44. The van der Waals surface area contributed by atoms with Gasteiger partial charge >= 0.3 is 0 Å². The molecule has 0 atom stereocenters. The van der Waals surface area contributed by atoms with Crippen LogP contribution in [0.3, 0.4) is 0 Å². The minimum atomic E-state index is 1.03. The maximum absolute atomic E-state index is 4.86. The minimum absolute atomic E-state index is 1.03. The molecule has 0 aliphatic carbocycles. The van der Waals surface area contributed by atoms with E-state index in [1.165, 1.54) is 49.4 Å². The first-order valence-corrected chi connectivity index (χ1v) is 11.2. The van der Waals surface area contributed by atoms with Gasteiger partial charge in [0.1, 0.15) is 0 Å². The Morgan fingerprint density at radius 1 is 0.576 bits per heavy atom. The first-order valence-electron chi connectivity index (χ1n) is 11.2. The van der Waals surface area contributed by atoms with E-state index in [2.05, 4.69) is 114 Å². The van der Waals surface area contributed by atoms with Gasteiger partial charge in [-0.25, -0.2) is 0 Å². The number of hydrogen-bond acceptors (Lipinski definition) is 1. The van der Waals surface area contributed by atoms with Gasteiger partial charge in [-0.1, -0.05) is 97.1 Å². The van der Waals surface area contributed by atoms with Crippen molar-refractivity contribution in [1.29, 1.82) is 0 Å². The Labute approximate surface area is 191 Å². The highest BCUT2D eigenvalue weighted by Crippen LogP contribution is 2.42. The lowest BCUT2D eigenvalue weighted by Crippen LogP contribution is -1.95. The Kier molecular flexibility index (Phi) is 3.88. The van der Waals surface area contributed by atoms with E-state index in [-0.39, 0.29) is 0 Å². The van der Waals surface area contributed by atoms with Crippen LogP contribution in [-0.4, -0.2) is 9.38 Å². The molecule has 7 aromatic rings. The lowest BCUT2D eigenvalue weighted by molar-refractivity contribution is 1.26. The molecule has 0 radical (unpaired) electrons. The maximum Gasteiger partial charge on any atom is 0.0949 e. The highest BCUT2D eigenvalue weighted by atomic mass is 14.9. The van der Waals surface area contributed by atoms with Crippen LogP contribution in [0.4, 0.5) is 0 Å². The molecule has 0 aliphatic heterocycles. The predicted octanol–water partition coefficient (Wildman–Crippen LogP) is 8.13. The summed E-state index contributed by atoms with van der Waals surface area (Å²) in [4.78, 5) is 4.86. The molecule has 3 aromatic heterocycles. The van der Waals surface area contributed by atoms with Crippen LogP contribution in [0, 0.1) is 0 Å². The molecule has 0 saturated heterocycles. The number of aromatic nitrogens is 2. The van der Waals surface area contributed by atoms with Crippen LogP contribution in [0.1, 0.15) is 0 Å². The van der Waals surface area contributed by atoms with Gasteiger partial charge in [0.15, 0.2) is 0 Å². The van der Waals surface area contributed by atoms with Gasteiger partial charge in [-0.15, -0.1) is 0 Å². The van der Waals surface area contributed by atoms with Gasteiger partial charge in [-0.05, 0) is 40.1 Å². The standard InChI is InChI=1S/C31H20N2/c1-3-10-21(11-4-1)26-20-28(23-13-5-2-6-14-23)33-27-16-9-19-32-30(27)25-18-17-22-12-7-8-15-24(22)29(25)31(26)33/h1-20H. The van der Waals surface area contributed by atoms with E-state index in [4.69, 9.17) is 4.98 Å². The molecule has 33 heavy (non-hydrogen) atoms. The van der Waals surface area contributed by atoms with Crippen molar-refractivity contribution >= 4 is 38.1 Å². The molecule has 0 spiro atoms. The number of hydrogen-bond donors (Lipinski definition) is 0. The molecule has 0 fully saturated rings. The summed E-state index contributed by atoms with van der Waals surface area (Å²) in [7, 11) is 0. The van der Waals surface area contributed by atoms with E-state index in [1.807, 2.05) is 12.3 Å². The third-order valence-electron chi connectivity index (χ3n) is 6.60. The van der Waals surface area contributed by atoms with Crippen molar-refractivity contribution in [3.8, 4) is 22.4 Å². The Morgan fingerprint density at radius 2 is 1.30 bits per heavy atom. The molecule has 0 bridgehead atoms. The van der Waals surface area contributed by atoms with E-state index in [0.29, 0.717) is 0 Å². The summed E-state index contributed by atoms with van der Waals surface area (Å²) >= 11 is 0. The summed E-state index contributed by atoms with van der Waals surface area (Å²) < 4.78 is 2.41. The molecule has 3 heterocycles. The lowest BCUT2D eigenvalue weighted by Gasteiger charge is -2.14. The number of benzene rings is 4. The zero-order chi connectivity index (χ0) is 21.8. The summed E-state index contributed by atoms with van der Waals surface area (Å²) in [5.41, 5.74) is 8.20. The molecular formula is C31H20N2. The normalized spacial score (nSPS) is 11.6. The van der Waals surface area contributed by atoms with Crippen molar-refractivity contribution in [1.82, 2.24) is 9.38 Å². The highest BCUT2D eigenvalue weighted by molar-refractivity contribution is 6.24. The molecule has 2 heteroatoms. The zero-order valence-electron chi connectivity index (χ0n) is 17.9. The van der Waals surface area contributed by atoms with Crippen LogP contribution in [-0.2, 0) is 0 Å². The first kappa shape index (κ1) is 18.2. The van der Waals surface area contributed by atoms with Gasteiger partial charge in [0.2, 0.25) is 0 Å². The smallest absolute Gasteiger partial charge is 0.0949 e. The first-order chi connectivity index (χ1) is 16.4. The van der Waals surface area contributed by atoms with Gasteiger partial charge in [0.25, 0.3) is 0 Å². The van der Waals surface area contributed by atoms with Crippen LogP contribution in [0.15, 0.2) is 121 Å². The average molecular weight is 421 g/mol. The van der Waals surface area contributed by atoms with Crippen LogP contribution in [0.5, 0.6) is 0 Å². The summed E-state index contributed by atoms with van der Waals surface area (Å²) in [5.74, 6) is 0. The Hall–Kier alpha value is -4.43. The maximum atomic E-state index is 4.86. The summed E-state index contributed by atoms with van der Waals surface area (Å²) in [6.07, 6.45) is 1.90. The van der Waals surface area contributed by atoms with Gasteiger partial charge in [-0.2, -0.15) is 0 Å². The number of pyridine rings is 2. The Morgan fingerprint density at radius 3 is 2.12 bits per heavy atom. The van der Waals surface area contributed by atoms with Crippen LogP contribution in [0.2, 0.25) is 0 Å². The van der Waals surface area contributed by atoms with Crippen molar-refractivity contribution in [2.45, 2.75) is 0 Å². The van der Waals surface area contributed by atoms with E-state index < -0.39 is 0 Å². The van der Waals surface area contributed by atoms with Crippen molar-refractivity contribution in [3.05, 3.63) is 121 Å². The number of rotatable bonds is 2. The quantitative estimate of drug-likeness (QED) is 0.258. The fourth-order valence-electron chi connectivity index (χ4n) is 5.18. The molecular weight excluding hydrogens is 400 g/mol. The van der Waals surface area contributed by atoms with Gasteiger partial charge < -0.3 is 4.40 Å². The molecule has 0 N–H and O–H groups in total. The molecule has 0 saturated carbocycles. The van der Waals surface area contributed by atoms with E-state index >= 15 is 0 Å². The summed E-state index contributed by atoms with van der Waals surface area (Å²) in [6, 6.07) is 41.0. The van der Waals surface area contributed by atoms with Crippen LogP contribution in [0.25, 0.3) is 60.5 Å². The van der Waals surface area contributed by atoms with E-state index in [0.717, 1.165) is 11.0 Å². The third-order valence-corrected chi connectivity index (χ3v) is 6.60. The molecule has 7 rings (SSSR count). The Balaban J connectivity index is 1.82. The van der Waals surface area contributed by atoms with E-state index in [1.54, 1.807) is 0 Å². The Bertz CT molecular complexity index is 1790. The second-order valence-electron chi connectivity index (χ2n) is 8.44. The molecule has 4 aromatic carbocycles. The second kappa shape index (κ2) is 7.04. The molecule has 154 valence electrons. The topological polar surface area (TPSA) is 17.3 Å². The monoisotopic (exact) mass is 420 g/mol. The number of nitrogens with zero attached hydrogens (tertiary/aromatic N) is 2. The molecule has 2 nitrogen and oxygen atoms in total. The molecule has 0 unspecified atom stereocenters. The minimum Gasteiger partial charge on any atom is -0.306 e. The van der Waals surface area contributed by atoms with Gasteiger partial charge in [-0.3, -0.25) is 4.98 Å². The third kappa shape index (κ3) is 2.64.